The lowest BCUT2D eigenvalue weighted by Gasteiger charge is -2.39. The topological polar surface area (TPSA) is 90.7 Å². The van der Waals surface area contributed by atoms with Crippen LogP contribution in [0.1, 0.15) is 58.1 Å². The smallest absolute Gasteiger partial charge is 0.410 e. The van der Waals surface area contributed by atoms with Crippen molar-refractivity contribution >= 4 is 44.5 Å². The molecule has 3 atom stereocenters. The molecule has 4 heterocycles. The number of aromatic nitrogens is 3. The molecule has 2 aromatic carbocycles. The molecular formula is C41H61N5O5Si2. The van der Waals surface area contributed by atoms with Crippen molar-refractivity contribution in [3.8, 4) is 16.9 Å². The largest absolute Gasteiger partial charge is 0.497 e. The first-order valence-corrected chi connectivity index (χ1v) is 26.8. The summed E-state index contributed by atoms with van der Waals surface area (Å²) in [6.07, 6.45) is 5.39. The van der Waals surface area contributed by atoms with Crippen LogP contribution in [-0.4, -0.2) is 93.2 Å². The van der Waals surface area contributed by atoms with E-state index in [4.69, 9.17) is 29.0 Å². The number of nitrogens with zero attached hydrogens (tertiary/aromatic N) is 5. The lowest BCUT2D eigenvalue weighted by Crippen LogP contribution is -2.48. The quantitative estimate of drug-likeness (QED) is 0.0714. The van der Waals surface area contributed by atoms with E-state index in [2.05, 4.69) is 80.6 Å². The molecule has 2 aromatic heterocycles. The van der Waals surface area contributed by atoms with E-state index in [0.717, 1.165) is 82.6 Å². The lowest BCUT2D eigenvalue weighted by molar-refractivity contribution is 0.00569. The van der Waals surface area contributed by atoms with Gasteiger partial charge in [-0.3, -0.25) is 0 Å². The summed E-state index contributed by atoms with van der Waals surface area (Å²) in [5.41, 5.74) is 3.30. The molecule has 2 aliphatic rings. The monoisotopic (exact) mass is 759 g/mol. The number of carbonyl (C=O) groups excluding carboxylic acids is 1. The number of methoxy groups -OCH3 is 1. The van der Waals surface area contributed by atoms with Crippen LogP contribution in [0.25, 0.3) is 27.5 Å². The van der Waals surface area contributed by atoms with Gasteiger partial charge in [-0.25, -0.2) is 9.78 Å². The number of anilines is 1. The summed E-state index contributed by atoms with van der Waals surface area (Å²) in [5.74, 6) is 1.91. The number of ether oxygens (including phenoxy) is 4. The third-order valence-corrected chi connectivity index (χ3v) is 13.8. The molecule has 288 valence electrons. The van der Waals surface area contributed by atoms with Crippen LogP contribution in [0.15, 0.2) is 48.7 Å². The lowest BCUT2D eigenvalue weighted by atomic mass is 9.88. The molecule has 2 aliphatic heterocycles. The van der Waals surface area contributed by atoms with Crippen LogP contribution in [0.4, 0.5) is 10.6 Å². The van der Waals surface area contributed by atoms with Gasteiger partial charge in [-0.15, -0.1) is 0 Å². The molecule has 0 saturated carbocycles. The molecule has 0 aliphatic carbocycles. The fraction of sp³-hybridized carbons (Fsp3) is 0.585. The molecule has 1 amide bonds. The zero-order chi connectivity index (χ0) is 38.1. The maximum Gasteiger partial charge on any atom is 0.410 e. The van der Waals surface area contributed by atoms with Crippen LogP contribution < -0.4 is 9.64 Å². The Bertz CT molecular complexity index is 1860. The Morgan fingerprint density at radius 2 is 1.49 bits per heavy atom. The Morgan fingerprint density at radius 1 is 0.868 bits per heavy atom. The van der Waals surface area contributed by atoms with E-state index in [1.807, 2.05) is 42.4 Å². The molecule has 53 heavy (non-hydrogen) atoms. The van der Waals surface area contributed by atoms with Gasteiger partial charge < -0.3 is 28.7 Å². The Kier molecular flexibility index (Phi) is 11.6. The summed E-state index contributed by atoms with van der Waals surface area (Å²) in [7, 11) is -0.849. The van der Waals surface area contributed by atoms with E-state index in [1.54, 1.807) is 7.11 Å². The number of hydrogen-bond acceptors (Lipinski definition) is 8. The van der Waals surface area contributed by atoms with Crippen molar-refractivity contribution in [3.63, 3.8) is 0 Å². The molecule has 2 fully saturated rings. The van der Waals surface area contributed by atoms with Crippen molar-refractivity contribution in [2.45, 2.75) is 121 Å². The van der Waals surface area contributed by atoms with Crippen molar-refractivity contribution in [2.75, 3.05) is 38.7 Å². The van der Waals surface area contributed by atoms with Crippen LogP contribution in [-0.2, 0) is 14.2 Å². The third-order valence-electron chi connectivity index (χ3n) is 10.4. The van der Waals surface area contributed by atoms with Crippen LogP contribution >= 0.6 is 0 Å². The van der Waals surface area contributed by atoms with Crippen LogP contribution in [0, 0.1) is 0 Å². The van der Waals surface area contributed by atoms with Crippen molar-refractivity contribution in [1.29, 1.82) is 0 Å². The second kappa shape index (κ2) is 15.7. The van der Waals surface area contributed by atoms with Gasteiger partial charge >= 0.3 is 6.09 Å². The molecule has 6 rings (SSSR count). The average molecular weight is 760 g/mol. The second-order valence-corrected chi connectivity index (χ2v) is 29.7. The highest BCUT2D eigenvalue weighted by molar-refractivity contribution is 6.76. The maximum absolute atomic E-state index is 13.3. The zero-order valence-corrected chi connectivity index (χ0v) is 35.7. The van der Waals surface area contributed by atoms with Gasteiger partial charge in [0.05, 0.1) is 13.3 Å². The molecule has 4 aromatic rings. The number of hydrogen-bond donors (Lipinski definition) is 0. The first-order valence-electron chi connectivity index (χ1n) is 19.4. The standard InChI is InChI=1S/C41H61N5O5Si2/c1-41(2,3)51-40(47)45-33-14-15-34(45)23-32(22-33)37-25-38(44(27-49-17-19-52(5,6)7)28-50-18-20-53(8,9)10)46-39(43-37)36(26-42-46)30-12-11-29-13-16-35(48-4)24-31(29)21-30/h11-13,16,21,24-26,32-34H,14-15,17-20,22-23,27-28H2,1-10H3/t32-,33+,34-. The molecule has 2 bridgehead atoms. The van der Waals surface area contributed by atoms with Crippen molar-refractivity contribution in [3.05, 3.63) is 54.4 Å². The van der Waals surface area contributed by atoms with E-state index >= 15 is 0 Å². The van der Waals surface area contributed by atoms with Gasteiger partial charge in [0.2, 0.25) is 0 Å². The van der Waals surface area contributed by atoms with Crippen molar-refractivity contribution in [2.24, 2.45) is 0 Å². The summed E-state index contributed by atoms with van der Waals surface area (Å²) in [6, 6.07) is 17.3. The number of carbonyl (C=O) groups is 1. The zero-order valence-electron chi connectivity index (χ0n) is 33.7. The molecular weight excluding hydrogens is 699 g/mol. The van der Waals surface area contributed by atoms with Gasteiger partial charge in [0, 0.05) is 64.7 Å². The number of amides is 1. The Labute approximate surface area is 318 Å². The molecule has 0 unspecified atom stereocenters. The minimum atomic E-state index is -1.27. The fourth-order valence-corrected chi connectivity index (χ4v) is 8.94. The van der Waals surface area contributed by atoms with Crippen LogP contribution in [0.5, 0.6) is 5.75 Å². The summed E-state index contributed by atoms with van der Waals surface area (Å²) in [5, 5.41) is 7.22. The van der Waals surface area contributed by atoms with E-state index in [1.165, 1.54) is 0 Å². The molecule has 0 N–H and O–H groups in total. The first-order chi connectivity index (χ1) is 25.0. The summed E-state index contributed by atoms with van der Waals surface area (Å²) >= 11 is 0. The highest BCUT2D eigenvalue weighted by Gasteiger charge is 2.45. The fourth-order valence-electron chi connectivity index (χ4n) is 7.43. The van der Waals surface area contributed by atoms with Gasteiger partial charge in [0.25, 0.3) is 0 Å². The third kappa shape index (κ3) is 9.81. The van der Waals surface area contributed by atoms with Crippen LogP contribution in [0.2, 0.25) is 51.4 Å². The van der Waals surface area contributed by atoms with Gasteiger partial charge in [-0.05, 0) is 93.1 Å². The normalized spacial score (nSPS) is 19.3. The number of benzene rings is 2. The average Bonchev–Trinajstić information content (AvgIpc) is 3.62. The highest BCUT2D eigenvalue weighted by atomic mass is 28.3. The minimum Gasteiger partial charge on any atom is -0.497 e. The molecule has 10 nitrogen and oxygen atoms in total. The van der Waals surface area contributed by atoms with Crippen molar-refractivity contribution < 1.29 is 23.7 Å². The second-order valence-electron chi connectivity index (χ2n) is 18.4. The Balaban J connectivity index is 1.39. The van der Waals surface area contributed by atoms with Crippen molar-refractivity contribution in [1.82, 2.24) is 19.5 Å². The van der Waals surface area contributed by atoms with E-state index in [0.29, 0.717) is 26.7 Å². The van der Waals surface area contributed by atoms with E-state index < -0.39 is 21.7 Å². The van der Waals surface area contributed by atoms with Gasteiger partial charge in [0.15, 0.2) is 5.65 Å². The molecule has 2 saturated heterocycles. The molecule has 12 heteroatoms. The Hall–Kier alpha value is -3.46. The van der Waals surface area contributed by atoms with Gasteiger partial charge in [-0.2, -0.15) is 9.61 Å². The number of piperidine rings is 1. The first kappa shape index (κ1) is 39.2. The minimum absolute atomic E-state index is 0.126. The summed E-state index contributed by atoms with van der Waals surface area (Å²) < 4.78 is 26.2. The maximum atomic E-state index is 13.3. The number of fused-ring (bicyclic) bond motifs is 4. The summed E-state index contributed by atoms with van der Waals surface area (Å²) in [4.78, 5) is 23.0. The number of rotatable bonds is 14. The summed E-state index contributed by atoms with van der Waals surface area (Å²) in [6.45, 7) is 22.3. The highest BCUT2D eigenvalue weighted by Crippen LogP contribution is 2.44. The predicted octanol–water partition coefficient (Wildman–Crippen LogP) is 9.63. The van der Waals surface area contributed by atoms with E-state index in [-0.39, 0.29) is 24.1 Å². The molecule has 0 spiro atoms. The Morgan fingerprint density at radius 3 is 2.08 bits per heavy atom. The SMILES string of the molecule is COc1ccc2ccc(-c3cnn4c(N(COCC[Si](C)(C)C)COCC[Si](C)(C)C)cc([C@H]5C[C@H]6CC[C@@H](C5)N6C(=O)OC(C)(C)C)nc34)cc2c1. The van der Waals surface area contributed by atoms with Gasteiger partial charge in [-0.1, -0.05) is 57.5 Å². The van der Waals surface area contributed by atoms with Crippen LogP contribution in [0.3, 0.4) is 0 Å². The van der Waals surface area contributed by atoms with Gasteiger partial charge in [0.1, 0.15) is 30.6 Å². The predicted molar refractivity (Wildman–Crippen MR) is 220 cm³/mol. The van der Waals surface area contributed by atoms with E-state index in [9.17, 15) is 4.79 Å². The molecule has 0 radical (unpaired) electrons.